The molecule has 4 aliphatic rings. The van der Waals surface area contributed by atoms with E-state index in [4.69, 9.17) is 4.42 Å². The van der Waals surface area contributed by atoms with Crippen molar-refractivity contribution in [1.82, 2.24) is 16.0 Å². The van der Waals surface area contributed by atoms with Gasteiger partial charge in [0.2, 0.25) is 5.88 Å². The van der Waals surface area contributed by atoms with Crippen LogP contribution in [0.2, 0.25) is 0 Å². The van der Waals surface area contributed by atoms with Crippen LogP contribution in [0.25, 0.3) is 49.9 Å². The van der Waals surface area contributed by atoms with Crippen LogP contribution in [0.5, 0.6) is 0 Å². The van der Waals surface area contributed by atoms with Gasteiger partial charge in [0.15, 0.2) is 5.76 Å². The van der Waals surface area contributed by atoms with Crippen LogP contribution in [0.1, 0.15) is 64.3 Å². The Morgan fingerprint density at radius 2 is 1.11 bits per heavy atom. The van der Waals surface area contributed by atoms with E-state index in [1.54, 1.807) is 0 Å². The number of rotatable bonds is 5. The smallest absolute Gasteiger partial charge is 0.212 e. The zero-order chi connectivity index (χ0) is 40.7. The Balaban J connectivity index is 0.969. The highest BCUT2D eigenvalue weighted by atomic mass is 16.4. The van der Waals surface area contributed by atoms with Crippen molar-refractivity contribution < 1.29 is 4.42 Å². The molecule has 0 saturated carbocycles. The lowest BCUT2D eigenvalue weighted by atomic mass is 9.89. The molecule has 4 unspecified atom stereocenters. The van der Waals surface area contributed by atoms with Crippen molar-refractivity contribution in [2.75, 3.05) is 15.5 Å². The van der Waals surface area contributed by atoms with Gasteiger partial charge in [-0.05, 0) is 96.9 Å². The minimum atomic E-state index is -0.187. The molecule has 0 bridgehead atoms. The molecule has 0 spiro atoms. The molecular formula is C55H42N6O. The highest BCUT2D eigenvalue weighted by molar-refractivity contribution is 6.13. The number of para-hydroxylation sites is 2. The van der Waals surface area contributed by atoms with Crippen molar-refractivity contribution in [2.24, 2.45) is 0 Å². The summed E-state index contributed by atoms with van der Waals surface area (Å²) in [5.74, 6) is 1.69. The molecule has 13 rings (SSSR count). The van der Waals surface area contributed by atoms with E-state index >= 15 is 0 Å². The summed E-state index contributed by atoms with van der Waals surface area (Å²) in [5.41, 5.74) is 13.8. The number of furan rings is 1. The summed E-state index contributed by atoms with van der Waals surface area (Å²) >= 11 is 0. The van der Waals surface area contributed by atoms with Gasteiger partial charge in [-0.15, -0.1) is 0 Å². The molecule has 4 atom stereocenters. The fourth-order valence-corrected chi connectivity index (χ4v) is 10.2. The average Bonchev–Trinajstić information content (AvgIpc) is 3.93. The van der Waals surface area contributed by atoms with Gasteiger partial charge in [0.25, 0.3) is 0 Å². The quantitative estimate of drug-likeness (QED) is 0.111. The topological polar surface area (TPSA) is 76.5 Å². The molecule has 62 heavy (non-hydrogen) atoms. The Morgan fingerprint density at radius 1 is 0.484 bits per heavy atom. The lowest BCUT2D eigenvalue weighted by molar-refractivity contribution is 0.203. The molecule has 5 heterocycles. The van der Waals surface area contributed by atoms with Crippen LogP contribution >= 0.6 is 0 Å². The van der Waals surface area contributed by atoms with Crippen LogP contribution < -0.4 is 31.5 Å². The summed E-state index contributed by atoms with van der Waals surface area (Å²) in [7, 11) is 0. The van der Waals surface area contributed by atoms with E-state index in [-0.39, 0.29) is 30.7 Å². The maximum atomic E-state index is 6.86. The van der Waals surface area contributed by atoms with Crippen LogP contribution in [-0.4, -0.2) is 0 Å². The molecule has 0 aliphatic carbocycles. The van der Waals surface area contributed by atoms with E-state index in [2.05, 4.69) is 226 Å². The molecule has 4 aliphatic heterocycles. The number of fused-ring (bicyclic) bond motifs is 13. The fourth-order valence-electron chi connectivity index (χ4n) is 10.2. The first-order chi connectivity index (χ1) is 30.7. The minimum absolute atomic E-state index is 0.0519. The lowest BCUT2D eigenvalue weighted by Gasteiger charge is -2.40. The van der Waals surface area contributed by atoms with Gasteiger partial charge in [0.05, 0.1) is 47.2 Å². The highest BCUT2D eigenvalue weighted by Gasteiger charge is 2.43. The monoisotopic (exact) mass is 802 g/mol. The second kappa shape index (κ2) is 14.1. The van der Waals surface area contributed by atoms with Gasteiger partial charge in [-0.2, -0.15) is 0 Å². The van der Waals surface area contributed by atoms with Gasteiger partial charge in [0.1, 0.15) is 6.17 Å². The summed E-state index contributed by atoms with van der Waals surface area (Å²) in [5, 5.41) is 24.6. The summed E-state index contributed by atoms with van der Waals surface area (Å²) in [6.07, 6.45) is 3.99. The van der Waals surface area contributed by atoms with Crippen LogP contribution in [0.3, 0.4) is 0 Å². The summed E-state index contributed by atoms with van der Waals surface area (Å²) in [6.45, 7) is 0. The maximum absolute atomic E-state index is 6.86. The van der Waals surface area contributed by atoms with Gasteiger partial charge in [-0.3, -0.25) is 20.9 Å². The predicted octanol–water partition coefficient (Wildman–Crippen LogP) is 12.9. The first-order valence-corrected chi connectivity index (χ1v) is 21.5. The van der Waals surface area contributed by atoms with Crippen LogP contribution in [0.15, 0.2) is 192 Å². The number of nitrogens with one attached hydrogen (secondary N) is 5. The molecule has 0 amide bonds. The van der Waals surface area contributed by atoms with Crippen molar-refractivity contribution in [1.29, 1.82) is 0 Å². The van der Waals surface area contributed by atoms with E-state index in [1.807, 2.05) is 0 Å². The number of hydrogen-bond acceptors (Lipinski definition) is 7. The zero-order valence-corrected chi connectivity index (χ0v) is 33.7. The first-order valence-electron chi connectivity index (χ1n) is 21.5. The number of benzene rings is 8. The predicted molar refractivity (Wildman–Crippen MR) is 252 cm³/mol. The number of hydrogen-bond donors (Lipinski definition) is 5. The SMILES string of the molecule is C1=CC(c2cc(-c3cc4ccccc4c4ccccc34)cc(C3NC(c4ccccc4)NC(c4ccccc4)N3)c2)Nc2c1oc1c2-c2ccccc2C2Nc3ccccc3N12. The van der Waals surface area contributed by atoms with Crippen molar-refractivity contribution >= 4 is 50.6 Å². The standard InChI is InChI=1S/C55H42N6O/c1-3-15-33(16-4-1)51-58-52(34-17-5-2-6-18-34)60-53(59-51)38-30-36(44-32-35-19-7-8-20-39(35)40-21-9-10-22-41(40)44)29-37(31-38)45-27-28-48-50(56-45)49-42-23-11-12-24-43(42)54-57-46-25-13-14-26-47(46)61(54)55(49)62-48/h1-32,45,51-54,56-60H. The summed E-state index contributed by atoms with van der Waals surface area (Å²) in [4.78, 5) is 2.32. The van der Waals surface area contributed by atoms with Gasteiger partial charge in [0, 0.05) is 5.56 Å². The highest BCUT2D eigenvalue weighted by Crippen LogP contribution is 2.58. The Labute approximate surface area is 359 Å². The Bertz CT molecular complexity index is 3180. The Hall–Kier alpha value is -7.42. The molecule has 298 valence electrons. The molecule has 1 saturated heterocycles. The lowest BCUT2D eigenvalue weighted by Crippen LogP contribution is -2.54. The summed E-state index contributed by atoms with van der Waals surface area (Å²) in [6, 6.07) is 65.5. The van der Waals surface area contributed by atoms with Crippen molar-refractivity contribution in [3.63, 3.8) is 0 Å². The third-order valence-electron chi connectivity index (χ3n) is 13.1. The van der Waals surface area contributed by atoms with E-state index < -0.39 is 0 Å². The molecule has 9 aromatic rings. The molecule has 1 fully saturated rings. The van der Waals surface area contributed by atoms with Crippen molar-refractivity contribution in [3.8, 4) is 22.3 Å². The van der Waals surface area contributed by atoms with Crippen molar-refractivity contribution in [3.05, 3.63) is 222 Å². The molecule has 7 heteroatoms. The average molecular weight is 803 g/mol. The molecule has 1 aromatic heterocycles. The van der Waals surface area contributed by atoms with Gasteiger partial charge in [-0.25, -0.2) is 0 Å². The van der Waals surface area contributed by atoms with Crippen LogP contribution in [0, 0.1) is 0 Å². The number of anilines is 4. The van der Waals surface area contributed by atoms with E-state index in [0.717, 1.165) is 51.0 Å². The van der Waals surface area contributed by atoms with Crippen LogP contribution in [0.4, 0.5) is 22.9 Å². The second-order valence-electron chi connectivity index (χ2n) is 16.7. The minimum Gasteiger partial charge on any atom is -0.438 e. The first kappa shape index (κ1) is 35.3. The largest absolute Gasteiger partial charge is 0.438 e. The fraction of sp³-hybridized carbons (Fsp3) is 0.0909. The maximum Gasteiger partial charge on any atom is 0.212 e. The zero-order valence-electron chi connectivity index (χ0n) is 33.7. The van der Waals surface area contributed by atoms with Gasteiger partial charge in [-0.1, -0.05) is 158 Å². The Morgan fingerprint density at radius 3 is 1.90 bits per heavy atom. The van der Waals surface area contributed by atoms with Gasteiger partial charge >= 0.3 is 0 Å². The normalized spacial score (nSPS) is 20.7. The third-order valence-corrected chi connectivity index (χ3v) is 13.1. The number of nitrogens with zero attached hydrogens (tertiary/aromatic N) is 1. The van der Waals surface area contributed by atoms with Crippen LogP contribution in [-0.2, 0) is 0 Å². The Kier molecular flexibility index (Phi) is 8.03. The van der Waals surface area contributed by atoms with E-state index in [9.17, 15) is 0 Å². The molecule has 0 radical (unpaired) electrons. The van der Waals surface area contributed by atoms with Gasteiger partial charge < -0.3 is 15.1 Å². The third kappa shape index (κ3) is 5.63. The molecule has 5 N–H and O–H groups in total. The van der Waals surface area contributed by atoms with Crippen molar-refractivity contribution in [2.45, 2.75) is 30.7 Å². The second-order valence-corrected chi connectivity index (χ2v) is 16.7. The molecule has 8 aromatic carbocycles. The summed E-state index contributed by atoms with van der Waals surface area (Å²) < 4.78 is 6.86. The van der Waals surface area contributed by atoms with E-state index in [0.29, 0.717) is 0 Å². The van der Waals surface area contributed by atoms with E-state index in [1.165, 1.54) is 49.4 Å². The molecule has 7 nitrogen and oxygen atoms in total. The molecular weight excluding hydrogens is 761 g/mol.